The highest BCUT2D eigenvalue weighted by Crippen LogP contribution is 2.14. The van der Waals surface area contributed by atoms with Gasteiger partial charge in [-0.1, -0.05) is 77.6 Å². The molecule has 0 heterocycles. The second-order valence-corrected chi connectivity index (χ2v) is 6.26. The van der Waals surface area contributed by atoms with E-state index < -0.39 is 5.97 Å². The second kappa shape index (κ2) is 21.4. The van der Waals surface area contributed by atoms with Crippen LogP contribution in [0.1, 0.15) is 103 Å². The Morgan fingerprint density at radius 1 is 0.739 bits per heavy atom. The van der Waals surface area contributed by atoms with Gasteiger partial charge in [0.15, 0.2) is 0 Å². The molecule has 0 bridgehead atoms. The lowest BCUT2D eigenvalue weighted by atomic mass is 10.0. The molecule has 0 fully saturated rings. The molecule has 0 amide bonds. The van der Waals surface area contributed by atoms with E-state index in [0.29, 0.717) is 6.42 Å². The van der Waals surface area contributed by atoms with Crippen molar-refractivity contribution in [3.05, 3.63) is 0 Å². The summed E-state index contributed by atoms with van der Waals surface area (Å²) in [4.78, 5) is 10.3. The van der Waals surface area contributed by atoms with Gasteiger partial charge >= 0.3 is 5.97 Å². The Labute approximate surface area is 143 Å². The highest BCUT2D eigenvalue weighted by atomic mass is 16.4. The molecule has 140 valence electrons. The molecule has 4 nitrogen and oxygen atoms in total. The molecule has 0 aliphatic carbocycles. The van der Waals surface area contributed by atoms with E-state index in [1.807, 2.05) is 0 Å². The van der Waals surface area contributed by atoms with Crippen LogP contribution < -0.4 is 0 Å². The van der Waals surface area contributed by atoms with Crippen molar-refractivity contribution in [1.29, 1.82) is 0 Å². The van der Waals surface area contributed by atoms with Crippen molar-refractivity contribution in [3.63, 3.8) is 0 Å². The fourth-order valence-electron chi connectivity index (χ4n) is 2.67. The van der Waals surface area contributed by atoms with Gasteiger partial charge < -0.3 is 15.3 Å². The quantitative estimate of drug-likeness (QED) is 0.351. The minimum Gasteiger partial charge on any atom is -0.481 e. The number of carboxylic acid groups (broad SMARTS) is 1. The smallest absolute Gasteiger partial charge is 0.303 e. The standard InChI is InChI=1S/C18H36O3.CH4O/c1-2-3-4-11-14-17(19)15-12-9-7-5-6-8-10-13-16-18(20)21;1-2/h17,19H,2-16H2,1H3,(H,20,21);2H,1H3. The Bertz CT molecular complexity index is 231. The van der Waals surface area contributed by atoms with Crippen molar-refractivity contribution >= 4 is 5.97 Å². The van der Waals surface area contributed by atoms with Gasteiger partial charge in [0.25, 0.3) is 0 Å². The van der Waals surface area contributed by atoms with E-state index in [4.69, 9.17) is 10.2 Å². The van der Waals surface area contributed by atoms with Gasteiger partial charge in [0.05, 0.1) is 6.10 Å². The van der Waals surface area contributed by atoms with E-state index in [1.54, 1.807) is 0 Å². The van der Waals surface area contributed by atoms with Gasteiger partial charge in [0, 0.05) is 13.5 Å². The fourth-order valence-corrected chi connectivity index (χ4v) is 2.67. The molecule has 0 rings (SSSR count). The lowest BCUT2D eigenvalue weighted by molar-refractivity contribution is -0.137. The Morgan fingerprint density at radius 2 is 1.13 bits per heavy atom. The zero-order valence-electron chi connectivity index (χ0n) is 15.4. The van der Waals surface area contributed by atoms with Crippen LogP contribution in [-0.2, 0) is 4.79 Å². The van der Waals surface area contributed by atoms with Crippen LogP contribution in [0.15, 0.2) is 0 Å². The molecule has 0 saturated carbocycles. The van der Waals surface area contributed by atoms with Crippen LogP contribution in [0.3, 0.4) is 0 Å². The van der Waals surface area contributed by atoms with Crippen LogP contribution in [-0.4, -0.2) is 34.5 Å². The molecular formula is C19H40O4. The van der Waals surface area contributed by atoms with E-state index in [2.05, 4.69) is 6.92 Å². The molecule has 0 aliphatic heterocycles. The van der Waals surface area contributed by atoms with Crippen LogP contribution >= 0.6 is 0 Å². The first-order valence-corrected chi connectivity index (χ1v) is 9.51. The first-order chi connectivity index (χ1) is 11.2. The van der Waals surface area contributed by atoms with Crippen LogP contribution in [0.5, 0.6) is 0 Å². The molecule has 0 saturated heterocycles. The van der Waals surface area contributed by atoms with Crippen molar-refractivity contribution < 1.29 is 20.1 Å². The molecule has 0 spiro atoms. The Balaban J connectivity index is 0. The molecule has 0 aromatic heterocycles. The van der Waals surface area contributed by atoms with Crippen molar-refractivity contribution in [2.75, 3.05) is 7.11 Å². The Kier molecular flexibility index (Phi) is 22.9. The van der Waals surface area contributed by atoms with Gasteiger partial charge in [-0.3, -0.25) is 4.79 Å². The topological polar surface area (TPSA) is 77.8 Å². The first-order valence-electron chi connectivity index (χ1n) is 9.51. The van der Waals surface area contributed by atoms with Gasteiger partial charge in [-0.2, -0.15) is 0 Å². The van der Waals surface area contributed by atoms with Crippen LogP contribution in [0.25, 0.3) is 0 Å². The minimum absolute atomic E-state index is 0.0853. The molecule has 0 aromatic rings. The summed E-state index contributed by atoms with van der Waals surface area (Å²) in [6, 6.07) is 0. The number of carboxylic acids is 1. The molecule has 23 heavy (non-hydrogen) atoms. The molecule has 1 unspecified atom stereocenters. The van der Waals surface area contributed by atoms with Gasteiger partial charge in [0.1, 0.15) is 0 Å². The van der Waals surface area contributed by atoms with E-state index >= 15 is 0 Å². The average Bonchev–Trinajstić information content (AvgIpc) is 2.55. The van der Waals surface area contributed by atoms with Crippen LogP contribution in [0.2, 0.25) is 0 Å². The molecular weight excluding hydrogens is 292 g/mol. The third-order valence-corrected chi connectivity index (χ3v) is 4.07. The Hall–Kier alpha value is -0.610. The first kappa shape index (κ1) is 24.6. The molecule has 0 aromatic carbocycles. The highest BCUT2D eigenvalue weighted by Gasteiger charge is 2.03. The maximum absolute atomic E-state index is 10.3. The molecule has 0 radical (unpaired) electrons. The summed E-state index contributed by atoms with van der Waals surface area (Å²) >= 11 is 0. The number of carbonyl (C=O) groups is 1. The lowest BCUT2D eigenvalue weighted by Gasteiger charge is -2.10. The normalized spacial score (nSPS) is 11.7. The van der Waals surface area contributed by atoms with E-state index in [9.17, 15) is 9.90 Å². The predicted octanol–water partition coefficient (Wildman–Crippen LogP) is 4.91. The number of aliphatic carboxylic acids is 1. The van der Waals surface area contributed by atoms with Crippen molar-refractivity contribution in [2.24, 2.45) is 0 Å². The number of hydrogen-bond acceptors (Lipinski definition) is 3. The van der Waals surface area contributed by atoms with Crippen molar-refractivity contribution in [1.82, 2.24) is 0 Å². The molecule has 0 aliphatic rings. The Morgan fingerprint density at radius 3 is 1.57 bits per heavy atom. The maximum atomic E-state index is 10.3. The number of hydrogen-bond donors (Lipinski definition) is 3. The minimum atomic E-state index is -0.678. The van der Waals surface area contributed by atoms with Crippen LogP contribution in [0, 0.1) is 0 Å². The summed E-state index contributed by atoms with van der Waals surface area (Å²) in [5.41, 5.74) is 0. The monoisotopic (exact) mass is 332 g/mol. The second-order valence-electron chi connectivity index (χ2n) is 6.26. The van der Waals surface area contributed by atoms with Gasteiger partial charge in [-0.05, 0) is 19.3 Å². The van der Waals surface area contributed by atoms with Gasteiger partial charge in [-0.25, -0.2) is 0 Å². The van der Waals surface area contributed by atoms with Crippen molar-refractivity contribution in [2.45, 2.75) is 109 Å². The average molecular weight is 333 g/mol. The molecule has 4 heteroatoms. The number of rotatable bonds is 16. The highest BCUT2D eigenvalue weighted by molar-refractivity contribution is 5.66. The van der Waals surface area contributed by atoms with E-state index in [1.165, 1.54) is 51.4 Å². The van der Waals surface area contributed by atoms with E-state index in [-0.39, 0.29) is 6.10 Å². The summed E-state index contributed by atoms with van der Waals surface area (Å²) in [5, 5.41) is 25.4. The summed E-state index contributed by atoms with van der Waals surface area (Å²) in [7, 11) is 1.00. The van der Waals surface area contributed by atoms with Gasteiger partial charge in [0.2, 0.25) is 0 Å². The lowest BCUT2D eigenvalue weighted by Crippen LogP contribution is -2.05. The SMILES string of the molecule is CCCCCCC(O)CCCCCCCCCCC(=O)O.CO. The zero-order valence-corrected chi connectivity index (χ0v) is 15.4. The third-order valence-electron chi connectivity index (χ3n) is 4.07. The predicted molar refractivity (Wildman–Crippen MR) is 96.7 cm³/mol. The van der Waals surface area contributed by atoms with Gasteiger partial charge in [-0.15, -0.1) is 0 Å². The largest absolute Gasteiger partial charge is 0.481 e. The molecule has 3 N–H and O–H groups in total. The van der Waals surface area contributed by atoms with E-state index in [0.717, 1.165) is 45.6 Å². The van der Waals surface area contributed by atoms with Crippen LogP contribution in [0.4, 0.5) is 0 Å². The summed E-state index contributed by atoms with van der Waals surface area (Å²) in [6.07, 6.45) is 16.3. The summed E-state index contributed by atoms with van der Waals surface area (Å²) < 4.78 is 0. The molecule has 1 atom stereocenters. The third kappa shape index (κ3) is 23.8. The fraction of sp³-hybridized carbons (Fsp3) is 0.947. The number of unbranched alkanes of at least 4 members (excludes halogenated alkanes) is 10. The van der Waals surface area contributed by atoms with Crippen molar-refractivity contribution in [3.8, 4) is 0 Å². The number of aliphatic hydroxyl groups excluding tert-OH is 2. The number of aliphatic hydroxyl groups is 2. The maximum Gasteiger partial charge on any atom is 0.303 e. The summed E-state index contributed by atoms with van der Waals surface area (Å²) in [6.45, 7) is 2.21. The zero-order chi connectivity index (χ0) is 17.8. The summed E-state index contributed by atoms with van der Waals surface area (Å²) in [5.74, 6) is -0.678.